The summed E-state index contributed by atoms with van der Waals surface area (Å²) < 4.78 is 25.5. The van der Waals surface area contributed by atoms with Gasteiger partial charge in [-0.15, -0.1) is 0 Å². The van der Waals surface area contributed by atoms with Crippen LogP contribution in [0.1, 0.15) is 26.6 Å². The van der Waals surface area contributed by atoms with Crippen LogP contribution in [0.25, 0.3) is 0 Å². The highest BCUT2D eigenvalue weighted by Crippen LogP contribution is 2.04. The first-order chi connectivity index (χ1) is 6.88. The fraction of sp³-hybridized carbons (Fsp3) is 0.778. The van der Waals surface area contributed by atoms with Gasteiger partial charge < -0.3 is 5.32 Å². The molecule has 0 unspecified atom stereocenters. The quantitative estimate of drug-likeness (QED) is 0.831. The maximum atomic E-state index is 12.1. The Bertz CT molecular complexity index is 303. The topological polar surface area (TPSA) is 42.7 Å². The number of rotatable bonds is 4. The highest BCUT2D eigenvalue weighted by molar-refractivity contribution is 4.86. The van der Waals surface area contributed by atoms with Crippen LogP contribution >= 0.6 is 0 Å². The minimum Gasteiger partial charge on any atom is -0.305 e. The molecule has 6 heteroatoms. The molecule has 1 aromatic rings. The van der Waals surface area contributed by atoms with Crippen molar-refractivity contribution in [3.05, 3.63) is 12.2 Å². The molecule has 86 valence electrons. The fourth-order valence-corrected chi connectivity index (χ4v) is 1.05. The predicted octanol–water partition coefficient (Wildman–Crippen LogP) is 1.43. The zero-order valence-corrected chi connectivity index (χ0v) is 9.17. The summed E-state index contributed by atoms with van der Waals surface area (Å²) in [7, 11) is 0. The van der Waals surface area contributed by atoms with Crippen molar-refractivity contribution in [1.29, 1.82) is 0 Å². The Kier molecular flexibility index (Phi) is 3.73. The molecule has 0 spiro atoms. The van der Waals surface area contributed by atoms with E-state index in [0.717, 1.165) is 0 Å². The molecule has 0 atom stereocenters. The molecular formula is C9H16F2N4. The molecule has 1 heterocycles. The van der Waals surface area contributed by atoms with Crippen LogP contribution < -0.4 is 5.32 Å². The van der Waals surface area contributed by atoms with E-state index in [2.05, 4.69) is 15.4 Å². The van der Waals surface area contributed by atoms with E-state index in [4.69, 9.17) is 0 Å². The third-order valence-electron chi connectivity index (χ3n) is 1.78. The number of halogens is 2. The summed E-state index contributed by atoms with van der Waals surface area (Å²) in [5, 5.41) is 6.91. The van der Waals surface area contributed by atoms with E-state index < -0.39 is 13.0 Å². The van der Waals surface area contributed by atoms with Crippen molar-refractivity contribution in [3.63, 3.8) is 0 Å². The molecule has 0 aliphatic rings. The Balaban J connectivity index is 2.57. The lowest BCUT2D eigenvalue weighted by Gasteiger charge is -2.20. The van der Waals surface area contributed by atoms with Crippen LogP contribution in [0.15, 0.2) is 6.33 Å². The van der Waals surface area contributed by atoms with Crippen LogP contribution in [0.2, 0.25) is 0 Å². The number of nitrogens with one attached hydrogen (secondary N) is 1. The number of hydrogen-bond acceptors (Lipinski definition) is 3. The van der Waals surface area contributed by atoms with Gasteiger partial charge in [-0.2, -0.15) is 5.10 Å². The SMILES string of the molecule is CC(C)(C)NCc1ncnn1CC(F)F. The molecule has 0 saturated carbocycles. The predicted molar refractivity (Wildman–Crippen MR) is 52.6 cm³/mol. The van der Waals surface area contributed by atoms with Gasteiger partial charge >= 0.3 is 0 Å². The first-order valence-electron chi connectivity index (χ1n) is 4.78. The Morgan fingerprint density at radius 2 is 2.13 bits per heavy atom. The summed E-state index contributed by atoms with van der Waals surface area (Å²) in [6.45, 7) is 6.04. The highest BCUT2D eigenvalue weighted by Gasteiger charge is 2.13. The van der Waals surface area contributed by atoms with E-state index in [9.17, 15) is 8.78 Å². The second-order valence-electron chi connectivity index (χ2n) is 4.35. The number of alkyl halides is 2. The van der Waals surface area contributed by atoms with Gasteiger partial charge in [0.05, 0.1) is 6.54 Å². The average Bonchev–Trinajstić information content (AvgIpc) is 2.46. The molecule has 1 rings (SSSR count). The summed E-state index contributed by atoms with van der Waals surface area (Å²) in [4.78, 5) is 3.93. The average molecular weight is 218 g/mol. The normalized spacial score (nSPS) is 12.4. The van der Waals surface area contributed by atoms with Gasteiger partial charge in [-0.1, -0.05) is 0 Å². The highest BCUT2D eigenvalue weighted by atomic mass is 19.3. The lowest BCUT2D eigenvalue weighted by atomic mass is 10.1. The van der Waals surface area contributed by atoms with Crippen LogP contribution in [0, 0.1) is 0 Å². The van der Waals surface area contributed by atoms with E-state index in [1.54, 1.807) is 0 Å². The van der Waals surface area contributed by atoms with Gasteiger partial charge in [0.1, 0.15) is 18.7 Å². The van der Waals surface area contributed by atoms with Crippen LogP contribution in [0.5, 0.6) is 0 Å². The third-order valence-corrected chi connectivity index (χ3v) is 1.78. The van der Waals surface area contributed by atoms with Gasteiger partial charge in [-0.05, 0) is 20.8 Å². The Hall–Kier alpha value is -1.04. The zero-order valence-electron chi connectivity index (χ0n) is 9.17. The summed E-state index contributed by atoms with van der Waals surface area (Å²) in [6.07, 6.45) is -1.11. The Morgan fingerprint density at radius 3 is 2.67 bits per heavy atom. The molecule has 0 radical (unpaired) electrons. The van der Waals surface area contributed by atoms with Crippen molar-refractivity contribution in [3.8, 4) is 0 Å². The van der Waals surface area contributed by atoms with Crippen molar-refractivity contribution in [1.82, 2.24) is 20.1 Å². The van der Waals surface area contributed by atoms with Gasteiger partial charge in [0, 0.05) is 5.54 Å². The number of hydrogen-bond donors (Lipinski definition) is 1. The molecule has 1 aromatic heterocycles. The smallest absolute Gasteiger partial charge is 0.257 e. The first kappa shape index (κ1) is 12.0. The molecule has 0 fully saturated rings. The number of nitrogens with zero attached hydrogens (tertiary/aromatic N) is 3. The van der Waals surface area contributed by atoms with Crippen molar-refractivity contribution >= 4 is 0 Å². The number of aromatic nitrogens is 3. The molecule has 0 amide bonds. The summed E-state index contributed by atoms with van der Waals surface area (Å²) in [5.74, 6) is 0.533. The molecule has 1 N–H and O–H groups in total. The zero-order chi connectivity index (χ0) is 11.5. The van der Waals surface area contributed by atoms with Crippen LogP contribution in [-0.2, 0) is 13.1 Å². The van der Waals surface area contributed by atoms with Gasteiger partial charge in [0.15, 0.2) is 0 Å². The first-order valence-corrected chi connectivity index (χ1v) is 4.78. The molecule has 0 aliphatic heterocycles. The van der Waals surface area contributed by atoms with Gasteiger partial charge in [-0.25, -0.2) is 18.4 Å². The third kappa shape index (κ3) is 4.33. The molecule has 0 bridgehead atoms. The Morgan fingerprint density at radius 1 is 1.47 bits per heavy atom. The second-order valence-corrected chi connectivity index (χ2v) is 4.35. The molecule has 4 nitrogen and oxygen atoms in total. The molecular weight excluding hydrogens is 202 g/mol. The largest absolute Gasteiger partial charge is 0.305 e. The standard InChI is InChI=1S/C9H16F2N4/c1-9(2,3)13-4-8-12-6-14-15(8)5-7(10)11/h6-7,13H,4-5H2,1-3H3. The molecule has 0 saturated heterocycles. The molecule has 0 aliphatic carbocycles. The summed E-state index contributed by atoms with van der Waals surface area (Å²) in [5.41, 5.74) is -0.0678. The van der Waals surface area contributed by atoms with Gasteiger partial charge in [0.25, 0.3) is 6.43 Å². The summed E-state index contributed by atoms with van der Waals surface area (Å²) in [6, 6.07) is 0. The van der Waals surface area contributed by atoms with E-state index >= 15 is 0 Å². The van der Waals surface area contributed by atoms with Gasteiger partial charge in [0.2, 0.25) is 0 Å². The van der Waals surface area contributed by atoms with Crippen LogP contribution in [0.3, 0.4) is 0 Å². The van der Waals surface area contributed by atoms with E-state index in [-0.39, 0.29) is 5.54 Å². The molecule has 15 heavy (non-hydrogen) atoms. The maximum Gasteiger partial charge on any atom is 0.257 e. The fourth-order valence-electron chi connectivity index (χ4n) is 1.05. The van der Waals surface area contributed by atoms with Crippen molar-refractivity contribution in [2.24, 2.45) is 0 Å². The lowest BCUT2D eigenvalue weighted by Crippen LogP contribution is -2.36. The van der Waals surface area contributed by atoms with E-state index in [1.807, 2.05) is 20.8 Å². The lowest BCUT2D eigenvalue weighted by molar-refractivity contribution is 0.120. The van der Waals surface area contributed by atoms with E-state index in [1.165, 1.54) is 11.0 Å². The Labute approximate surface area is 87.7 Å². The van der Waals surface area contributed by atoms with Crippen molar-refractivity contribution in [2.75, 3.05) is 0 Å². The monoisotopic (exact) mass is 218 g/mol. The minimum absolute atomic E-state index is 0.0678. The maximum absolute atomic E-state index is 12.1. The second kappa shape index (κ2) is 4.65. The minimum atomic E-state index is -2.40. The van der Waals surface area contributed by atoms with E-state index in [0.29, 0.717) is 12.4 Å². The van der Waals surface area contributed by atoms with Crippen molar-refractivity contribution in [2.45, 2.75) is 45.8 Å². The van der Waals surface area contributed by atoms with Crippen molar-refractivity contribution < 1.29 is 8.78 Å². The van der Waals surface area contributed by atoms with Gasteiger partial charge in [-0.3, -0.25) is 0 Å². The molecule has 0 aromatic carbocycles. The summed E-state index contributed by atoms with van der Waals surface area (Å²) >= 11 is 0. The van der Waals surface area contributed by atoms with Crippen LogP contribution in [-0.4, -0.2) is 26.7 Å². The van der Waals surface area contributed by atoms with Crippen LogP contribution in [0.4, 0.5) is 8.78 Å².